The van der Waals surface area contributed by atoms with Crippen molar-refractivity contribution < 1.29 is 13.2 Å². The average molecular weight is 263 g/mol. The summed E-state index contributed by atoms with van der Waals surface area (Å²) in [6, 6.07) is 0. The lowest BCUT2D eigenvalue weighted by Gasteiger charge is -2.18. The number of likely N-dealkylation sites (N-methyl/N-ethyl adjacent to an activating group) is 1. The fourth-order valence-electron chi connectivity index (χ4n) is 2.12. The first-order chi connectivity index (χ1) is 7.69. The molecular formula is C10H21N3O3S. The van der Waals surface area contributed by atoms with E-state index in [9.17, 15) is 13.2 Å². The lowest BCUT2D eigenvalue weighted by molar-refractivity contribution is -0.131. The van der Waals surface area contributed by atoms with Crippen molar-refractivity contribution in [2.75, 3.05) is 39.5 Å². The summed E-state index contributed by atoms with van der Waals surface area (Å²) in [6.07, 6.45) is 0. The third-order valence-electron chi connectivity index (χ3n) is 3.02. The minimum Gasteiger partial charge on any atom is -0.341 e. The molecule has 0 saturated carbocycles. The molecule has 7 heteroatoms. The van der Waals surface area contributed by atoms with E-state index in [1.165, 1.54) is 0 Å². The van der Waals surface area contributed by atoms with Gasteiger partial charge in [0.25, 0.3) is 0 Å². The topological polar surface area (TPSA) is 83.7 Å². The molecule has 0 aromatic carbocycles. The zero-order valence-corrected chi connectivity index (χ0v) is 11.4. The Balaban J connectivity index is 2.57. The SMILES string of the molecule is CC1CN(C(=O)CN(C)C)CC1CS(N)(=O)=O. The molecule has 0 radical (unpaired) electrons. The van der Waals surface area contributed by atoms with Crippen LogP contribution < -0.4 is 5.14 Å². The smallest absolute Gasteiger partial charge is 0.236 e. The van der Waals surface area contributed by atoms with Crippen LogP contribution in [-0.2, 0) is 14.8 Å². The molecule has 2 atom stereocenters. The highest BCUT2D eigenvalue weighted by Crippen LogP contribution is 2.23. The van der Waals surface area contributed by atoms with Gasteiger partial charge in [0, 0.05) is 13.1 Å². The van der Waals surface area contributed by atoms with E-state index in [0.717, 1.165) is 0 Å². The standard InChI is InChI=1S/C10H21N3O3S/c1-8-4-13(10(14)6-12(2)3)5-9(8)7-17(11,15)16/h8-9H,4-7H2,1-3H3,(H2,11,15,16). The maximum Gasteiger partial charge on any atom is 0.236 e. The number of nitrogens with zero attached hydrogens (tertiary/aromatic N) is 2. The number of nitrogens with two attached hydrogens (primary N) is 1. The summed E-state index contributed by atoms with van der Waals surface area (Å²) in [5, 5.41) is 5.04. The van der Waals surface area contributed by atoms with E-state index in [0.29, 0.717) is 19.6 Å². The van der Waals surface area contributed by atoms with E-state index in [2.05, 4.69) is 0 Å². The molecular weight excluding hydrogens is 242 g/mol. The van der Waals surface area contributed by atoms with Crippen LogP contribution in [0, 0.1) is 11.8 Å². The van der Waals surface area contributed by atoms with Gasteiger partial charge in [-0.15, -0.1) is 0 Å². The number of carbonyl (C=O) groups is 1. The Hall–Kier alpha value is -0.660. The summed E-state index contributed by atoms with van der Waals surface area (Å²) < 4.78 is 22.1. The van der Waals surface area contributed by atoms with E-state index < -0.39 is 10.0 Å². The van der Waals surface area contributed by atoms with Gasteiger partial charge in [0.05, 0.1) is 12.3 Å². The normalized spacial score (nSPS) is 25.6. The third-order valence-corrected chi connectivity index (χ3v) is 3.91. The highest BCUT2D eigenvalue weighted by molar-refractivity contribution is 7.89. The fourth-order valence-corrected chi connectivity index (χ4v) is 3.15. The summed E-state index contributed by atoms with van der Waals surface area (Å²) in [5.74, 6) is 0.134. The van der Waals surface area contributed by atoms with Gasteiger partial charge >= 0.3 is 0 Å². The fraction of sp³-hybridized carbons (Fsp3) is 0.900. The van der Waals surface area contributed by atoms with Crippen LogP contribution in [0.5, 0.6) is 0 Å². The Labute approximate surface area is 103 Å². The van der Waals surface area contributed by atoms with E-state index in [1.807, 2.05) is 21.0 Å². The largest absolute Gasteiger partial charge is 0.341 e. The Morgan fingerprint density at radius 3 is 2.47 bits per heavy atom. The second-order valence-electron chi connectivity index (χ2n) is 5.10. The van der Waals surface area contributed by atoms with Crippen LogP contribution >= 0.6 is 0 Å². The number of hydrogen-bond acceptors (Lipinski definition) is 4. The molecule has 1 aliphatic heterocycles. The summed E-state index contributed by atoms with van der Waals surface area (Å²) >= 11 is 0. The van der Waals surface area contributed by atoms with Gasteiger partial charge < -0.3 is 9.80 Å². The molecule has 2 unspecified atom stereocenters. The van der Waals surface area contributed by atoms with Crippen LogP contribution in [0.2, 0.25) is 0 Å². The summed E-state index contributed by atoms with van der Waals surface area (Å²) in [6.45, 7) is 3.42. The van der Waals surface area contributed by atoms with Crippen molar-refractivity contribution in [2.24, 2.45) is 17.0 Å². The van der Waals surface area contributed by atoms with Crippen LogP contribution in [0.25, 0.3) is 0 Å². The van der Waals surface area contributed by atoms with Crippen LogP contribution in [-0.4, -0.2) is 63.6 Å². The first kappa shape index (κ1) is 14.4. The number of likely N-dealkylation sites (tertiary alicyclic amines) is 1. The number of hydrogen-bond donors (Lipinski definition) is 1. The molecule has 1 amide bonds. The van der Waals surface area contributed by atoms with Crippen molar-refractivity contribution >= 4 is 15.9 Å². The van der Waals surface area contributed by atoms with Crippen molar-refractivity contribution in [3.63, 3.8) is 0 Å². The highest BCUT2D eigenvalue weighted by Gasteiger charge is 2.34. The predicted octanol–water partition coefficient (Wildman–Crippen LogP) is -1.07. The molecule has 1 rings (SSSR count). The maximum absolute atomic E-state index is 11.8. The summed E-state index contributed by atoms with van der Waals surface area (Å²) in [7, 11) is 0.204. The van der Waals surface area contributed by atoms with Crippen LogP contribution in [0.3, 0.4) is 0 Å². The van der Waals surface area contributed by atoms with Gasteiger partial charge in [-0.1, -0.05) is 6.92 Å². The lowest BCUT2D eigenvalue weighted by Crippen LogP contribution is -2.37. The molecule has 6 nitrogen and oxygen atoms in total. The Kier molecular flexibility index (Phi) is 4.51. The minimum atomic E-state index is -3.46. The molecule has 1 aliphatic rings. The van der Waals surface area contributed by atoms with Crippen LogP contribution in [0.4, 0.5) is 0 Å². The Morgan fingerprint density at radius 2 is 2.00 bits per heavy atom. The first-order valence-electron chi connectivity index (χ1n) is 5.62. The number of primary sulfonamides is 1. The van der Waals surface area contributed by atoms with Gasteiger partial charge in [-0.25, -0.2) is 13.6 Å². The van der Waals surface area contributed by atoms with Crippen molar-refractivity contribution in [2.45, 2.75) is 6.92 Å². The van der Waals surface area contributed by atoms with Gasteiger partial charge in [-0.3, -0.25) is 4.79 Å². The van der Waals surface area contributed by atoms with Crippen molar-refractivity contribution in [3.8, 4) is 0 Å². The van der Waals surface area contributed by atoms with E-state index in [-0.39, 0.29) is 23.5 Å². The Bertz CT molecular complexity index is 380. The number of sulfonamides is 1. The molecule has 0 aliphatic carbocycles. The van der Waals surface area contributed by atoms with Gasteiger partial charge in [-0.2, -0.15) is 0 Å². The number of carbonyl (C=O) groups excluding carboxylic acids is 1. The number of amides is 1. The molecule has 1 saturated heterocycles. The number of rotatable bonds is 4. The lowest BCUT2D eigenvalue weighted by atomic mass is 10.0. The third kappa shape index (κ3) is 4.61. The monoisotopic (exact) mass is 263 g/mol. The molecule has 1 heterocycles. The van der Waals surface area contributed by atoms with E-state index in [1.54, 1.807) is 9.80 Å². The van der Waals surface area contributed by atoms with Gasteiger partial charge in [-0.05, 0) is 25.9 Å². The summed E-state index contributed by atoms with van der Waals surface area (Å²) in [4.78, 5) is 15.3. The van der Waals surface area contributed by atoms with Gasteiger partial charge in [0.1, 0.15) is 0 Å². The van der Waals surface area contributed by atoms with Gasteiger partial charge in [0.15, 0.2) is 0 Å². The molecule has 0 aromatic heterocycles. The molecule has 2 N–H and O–H groups in total. The molecule has 17 heavy (non-hydrogen) atoms. The Morgan fingerprint density at radius 1 is 1.41 bits per heavy atom. The molecule has 0 aromatic rings. The van der Waals surface area contributed by atoms with Crippen molar-refractivity contribution in [1.82, 2.24) is 9.80 Å². The van der Waals surface area contributed by atoms with E-state index in [4.69, 9.17) is 5.14 Å². The summed E-state index contributed by atoms with van der Waals surface area (Å²) in [5.41, 5.74) is 0. The minimum absolute atomic E-state index is 0.0405. The zero-order chi connectivity index (χ0) is 13.2. The molecule has 0 spiro atoms. The van der Waals surface area contributed by atoms with Crippen LogP contribution in [0.15, 0.2) is 0 Å². The first-order valence-corrected chi connectivity index (χ1v) is 7.33. The van der Waals surface area contributed by atoms with Crippen molar-refractivity contribution in [3.05, 3.63) is 0 Å². The zero-order valence-electron chi connectivity index (χ0n) is 10.6. The average Bonchev–Trinajstić information content (AvgIpc) is 2.44. The van der Waals surface area contributed by atoms with Crippen molar-refractivity contribution in [1.29, 1.82) is 0 Å². The van der Waals surface area contributed by atoms with Gasteiger partial charge in [0.2, 0.25) is 15.9 Å². The maximum atomic E-state index is 11.8. The molecule has 100 valence electrons. The predicted molar refractivity (Wildman–Crippen MR) is 65.8 cm³/mol. The quantitative estimate of drug-likeness (QED) is 0.700. The second kappa shape index (κ2) is 5.32. The van der Waals surface area contributed by atoms with E-state index >= 15 is 0 Å². The molecule has 1 fully saturated rings. The highest BCUT2D eigenvalue weighted by atomic mass is 32.2. The molecule has 0 bridgehead atoms. The van der Waals surface area contributed by atoms with Crippen LogP contribution in [0.1, 0.15) is 6.92 Å². The second-order valence-corrected chi connectivity index (χ2v) is 6.76.